The summed E-state index contributed by atoms with van der Waals surface area (Å²) in [5.41, 5.74) is 17.3. The van der Waals surface area contributed by atoms with Crippen molar-refractivity contribution in [3.63, 3.8) is 0 Å². The predicted octanol–water partition coefficient (Wildman–Crippen LogP) is 7.13. The number of halogens is 2. The maximum atomic E-state index is 3.67. The van der Waals surface area contributed by atoms with Gasteiger partial charge >= 0.3 is 112 Å². The smallest absolute Gasteiger partial charge is 1.00 e. The summed E-state index contributed by atoms with van der Waals surface area (Å²) in [6, 6.07) is 39.6. The van der Waals surface area contributed by atoms with Crippen molar-refractivity contribution in [2.24, 2.45) is 0 Å². The van der Waals surface area contributed by atoms with E-state index in [0.717, 1.165) is 6.42 Å². The molecule has 0 saturated heterocycles. The van der Waals surface area contributed by atoms with Crippen LogP contribution < -0.4 is 24.8 Å². The maximum absolute atomic E-state index is 3.67. The van der Waals surface area contributed by atoms with Gasteiger partial charge in [-0.15, -0.1) is 11.1 Å². The fraction of sp³-hybridized carbons (Fsp3) is 0.388. The molecule has 1 aliphatic carbocycles. The number of hydrogen-bond donors (Lipinski definition) is 0. The van der Waals surface area contributed by atoms with Gasteiger partial charge < -0.3 is 24.8 Å². The summed E-state index contributed by atoms with van der Waals surface area (Å²) in [6.45, 7) is 26.9. The van der Waals surface area contributed by atoms with Crippen molar-refractivity contribution in [2.75, 3.05) is 0 Å². The quantitative estimate of drug-likeness (QED) is 0.163. The minimum Gasteiger partial charge on any atom is -1.00 e. The van der Waals surface area contributed by atoms with E-state index in [0.29, 0.717) is 5.41 Å². The van der Waals surface area contributed by atoms with E-state index in [1.807, 2.05) is 0 Å². The molecule has 0 amide bonds. The van der Waals surface area contributed by atoms with E-state index in [9.17, 15) is 0 Å². The van der Waals surface area contributed by atoms with Gasteiger partial charge in [-0.25, -0.2) is 6.07 Å². The Kier molecular flexibility index (Phi) is 16.9. The largest absolute Gasteiger partial charge is 1.00 e. The number of aryl methyl sites for hydroxylation is 3. The summed E-state index contributed by atoms with van der Waals surface area (Å²) in [7, 11) is 0. The molecule has 0 saturated carbocycles. The molecule has 1 aliphatic rings. The molecule has 0 N–H and O–H groups in total. The zero-order valence-corrected chi connectivity index (χ0v) is 37.8. The first-order valence-electron chi connectivity index (χ1n) is 18.5. The molecule has 0 bridgehead atoms. The fourth-order valence-electron chi connectivity index (χ4n) is 6.13. The second kappa shape index (κ2) is 19.2. The molecule has 276 valence electrons. The molecule has 0 unspecified atom stereocenters. The fourth-order valence-corrected chi connectivity index (χ4v) is 6.95. The van der Waals surface area contributed by atoms with Crippen LogP contribution >= 0.6 is 0 Å². The summed E-state index contributed by atoms with van der Waals surface area (Å²) in [4.78, 5) is 0. The number of unbranched alkanes of at least 4 members (excludes halogenated alkanes) is 1. The van der Waals surface area contributed by atoms with Gasteiger partial charge in [0.25, 0.3) is 0 Å². The van der Waals surface area contributed by atoms with Crippen LogP contribution in [0.1, 0.15) is 138 Å². The summed E-state index contributed by atoms with van der Waals surface area (Å²) >= 11 is 1.46. The van der Waals surface area contributed by atoms with E-state index in [1.165, 1.54) is 113 Å². The molecule has 5 aromatic rings. The van der Waals surface area contributed by atoms with Crippen molar-refractivity contribution in [2.45, 2.75) is 125 Å². The molecule has 0 nitrogen and oxygen atoms in total. The normalized spacial score (nSPS) is 11.8. The van der Waals surface area contributed by atoms with Gasteiger partial charge in [-0.3, -0.25) is 0 Å². The Labute approximate surface area is 344 Å². The molecule has 5 aromatic carbocycles. The molecule has 0 spiro atoms. The average Bonchev–Trinajstić information content (AvgIpc) is 3.68. The second-order valence-corrected chi connectivity index (χ2v) is 18.5. The van der Waals surface area contributed by atoms with Crippen LogP contribution in [-0.2, 0) is 53.3 Å². The molecule has 0 radical (unpaired) electrons. The van der Waals surface area contributed by atoms with Crippen LogP contribution in [0, 0.1) is 19.9 Å². The molecular weight excluding hydrogens is 751 g/mol. The van der Waals surface area contributed by atoms with Gasteiger partial charge in [0, 0.05) is 0 Å². The molecular formula is C49H60Cl2Zr-2. The predicted molar refractivity (Wildman–Crippen MR) is 216 cm³/mol. The minimum absolute atomic E-state index is 0. The van der Waals surface area contributed by atoms with Gasteiger partial charge in [0.05, 0.1) is 0 Å². The van der Waals surface area contributed by atoms with Crippen LogP contribution in [0.2, 0.25) is 0 Å². The van der Waals surface area contributed by atoms with Crippen molar-refractivity contribution in [3.05, 3.63) is 159 Å². The summed E-state index contributed by atoms with van der Waals surface area (Å²) in [5, 5.41) is 0. The van der Waals surface area contributed by atoms with E-state index >= 15 is 0 Å². The monoisotopic (exact) mass is 808 g/mol. The van der Waals surface area contributed by atoms with Crippen LogP contribution in [0.25, 0.3) is 11.1 Å². The molecule has 0 atom stereocenters. The molecule has 6 rings (SSSR count). The third-order valence-electron chi connectivity index (χ3n) is 9.65. The standard InChI is InChI=1S/C21H25.C15H14.C13H21.2ClH.Zr/c1-20(2,3)16-7-9-18-14(12-16)11-15-13-17(21(4,5)6)8-10-19(15)18;1-12-3-7-14(8-4-12)11-15-9-5-13(2)6-10-15;1-5-6-7-11-8-9-12(10-11)13(2,3)4;;;/h7-10,12H,11H2,1-6H3;3-10H,1-2H3;8-10H,5-7H2,1-4H3;2*1H;/q-1;;-1;;;+2/p-2. The van der Waals surface area contributed by atoms with Gasteiger partial charge in [0.1, 0.15) is 0 Å². The van der Waals surface area contributed by atoms with Gasteiger partial charge in [-0.05, 0) is 28.4 Å². The van der Waals surface area contributed by atoms with Gasteiger partial charge in [-0.2, -0.15) is 47.0 Å². The molecule has 3 heteroatoms. The minimum atomic E-state index is 0. The van der Waals surface area contributed by atoms with Gasteiger partial charge in [-0.1, -0.05) is 118 Å². The van der Waals surface area contributed by atoms with Gasteiger partial charge in [0.15, 0.2) is 0 Å². The van der Waals surface area contributed by atoms with E-state index in [4.69, 9.17) is 0 Å². The van der Waals surface area contributed by atoms with Crippen molar-refractivity contribution >= 4 is 3.21 Å². The molecule has 0 heterocycles. The Morgan fingerprint density at radius 2 is 1.17 bits per heavy atom. The van der Waals surface area contributed by atoms with Crippen molar-refractivity contribution in [1.29, 1.82) is 0 Å². The summed E-state index contributed by atoms with van der Waals surface area (Å²) in [6.07, 6.45) is 4.87. The van der Waals surface area contributed by atoms with Crippen LogP contribution in [0.5, 0.6) is 0 Å². The Hall–Kier alpha value is -2.44. The maximum Gasteiger partial charge on any atom is -1.00 e. The van der Waals surface area contributed by atoms with Gasteiger partial charge in [0.2, 0.25) is 0 Å². The summed E-state index contributed by atoms with van der Waals surface area (Å²) in [5.74, 6) is 0. The van der Waals surface area contributed by atoms with Crippen LogP contribution in [-0.4, -0.2) is 3.21 Å². The molecule has 0 fully saturated rings. The SMILES string of the molecule is CC(C)(C)c1[c-]c2c(cc1)-c1ccc(C(C)(C)C)cc1C2.CCCCc1cc(C(C)(C)C)c[cH-]1.Cc1ccc([C](=[Zr+2])c2ccc(C)cc2)cc1.[Cl-].[Cl-]. The van der Waals surface area contributed by atoms with E-state index in [-0.39, 0.29) is 35.6 Å². The van der Waals surface area contributed by atoms with Crippen molar-refractivity contribution < 1.29 is 49.0 Å². The van der Waals surface area contributed by atoms with Crippen LogP contribution in [0.4, 0.5) is 0 Å². The zero-order valence-electron chi connectivity index (χ0n) is 33.8. The number of fused-ring (bicyclic) bond motifs is 3. The third-order valence-corrected chi connectivity index (χ3v) is 11.1. The van der Waals surface area contributed by atoms with E-state index < -0.39 is 0 Å². The Morgan fingerprint density at radius 3 is 1.63 bits per heavy atom. The Balaban J connectivity index is 0.000000273. The number of benzene rings is 4. The average molecular weight is 811 g/mol. The third kappa shape index (κ3) is 12.6. The second-order valence-electron chi connectivity index (χ2n) is 17.3. The topological polar surface area (TPSA) is 0 Å². The first kappa shape index (κ1) is 45.7. The molecule has 0 aliphatic heterocycles. The Morgan fingerprint density at radius 1 is 0.654 bits per heavy atom. The molecule has 0 aromatic heterocycles. The van der Waals surface area contributed by atoms with E-state index in [1.54, 1.807) is 0 Å². The zero-order chi connectivity index (χ0) is 36.9. The van der Waals surface area contributed by atoms with E-state index in [2.05, 4.69) is 186 Å². The number of rotatable bonds is 5. The Bertz CT molecular complexity index is 1760. The number of hydrogen-bond acceptors (Lipinski definition) is 0. The first-order chi connectivity index (χ1) is 23.4. The van der Waals surface area contributed by atoms with Crippen molar-refractivity contribution in [1.82, 2.24) is 0 Å². The van der Waals surface area contributed by atoms with Crippen LogP contribution in [0.15, 0.2) is 97.1 Å². The van der Waals surface area contributed by atoms with Crippen molar-refractivity contribution in [3.8, 4) is 11.1 Å². The first-order valence-corrected chi connectivity index (χ1v) is 19.8. The summed E-state index contributed by atoms with van der Waals surface area (Å²) < 4.78 is 1.42. The molecule has 52 heavy (non-hydrogen) atoms. The van der Waals surface area contributed by atoms with Crippen LogP contribution in [0.3, 0.4) is 0 Å².